The molecule has 1 aliphatic rings. The lowest BCUT2D eigenvalue weighted by Gasteiger charge is -2.44. The number of anilines is 1. The zero-order valence-corrected chi connectivity index (χ0v) is 26.8. The largest absolute Gasteiger partial charge is 0.495 e. The number of nitrogens with one attached hydrogen (secondary N) is 1. The van der Waals surface area contributed by atoms with Crippen LogP contribution in [0.1, 0.15) is 20.8 Å². The fraction of sp³-hybridized carbons (Fsp3) is 0.433. The van der Waals surface area contributed by atoms with E-state index in [1.54, 1.807) is 40.9 Å². The second kappa shape index (κ2) is 12.8. The molecule has 1 N–H and O–H groups in total. The molecule has 228 valence electrons. The Hall–Kier alpha value is -3.85. The molecule has 1 amide bonds. The fourth-order valence-electron chi connectivity index (χ4n) is 4.87. The number of hydrogen-bond donors (Lipinski definition) is 1. The van der Waals surface area contributed by atoms with Crippen molar-refractivity contribution in [3.8, 4) is 28.7 Å². The molecule has 11 nitrogen and oxygen atoms in total. The molecule has 1 aromatic carbocycles. The lowest BCUT2D eigenvalue weighted by atomic mass is 9.93. The highest BCUT2D eigenvalue weighted by molar-refractivity contribution is 6.41. The third-order valence-corrected chi connectivity index (χ3v) is 8.02. The Balaban J connectivity index is 1.65. The van der Waals surface area contributed by atoms with E-state index in [4.69, 9.17) is 32.7 Å². The Morgan fingerprint density at radius 3 is 2.37 bits per heavy atom. The van der Waals surface area contributed by atoms with Crippen molar-refractivity contribution in [2.45, 2.75) is 33.4 Å². The van der Waals surface area contributed by atoms with Gasteiger partial charge in [0.15, 0.2) is 0 Å². The molecule has 4 rings (SSSR count). The van der Waals surface area contributed by atoms with Crippen LogP contribution in [-0.2, 0) is 11.3 Å². The molecule has 0 aliphatic carbocycles. The highest BCUT2D eigenvalue weighted by atomic mass is 35.5. The molecular formula is C30H35Cl2N7O4. The number of likely N-dealkylation sites (N-methyl/N-ethyl adjacent to an activating group) is 1. The van der Waals surface area contributed by atoms with E-state index >= 15 is 0 Å². The van der Waals surface area contributed by atoms with Gasteiger partial charge in [0.05, 0.1) is 29.8 Å². The average molecular weight is 629 g/mol. The quantitative estimate of drug-likeness (QED) is 0.270. The molecule has 0 radical (unpaired) electrons. The van der Waals surface area contributed by atoms with Crippen LogP contribution in [0.15, 0.2) is 34.8 Å². The van der Waals surface area contributed by atoms with Crippen LogP contribution in [0.25, 0.3) is 22.2 Å². The van der Waals surface area contributed by atoms with Crippen molar-refractivity contribution in [2.75, 3.05) is 53.3 Å². The highest BCUT2D eigenvalue weighted by Crippen LogP contribution is 2.45. The second-order valence-corrected chi connectivity index (χ2v) is 12.2. The van der Waals surface area contributed by atoms with Gasteiger partial charge in [-0.15, -0.1) is 0 Å². The van der Waals surface area contributed by atoms with Gasteiger partial charge in [-0.2, -0.15) is 10.2 Å². The highest BCUT2D eigenvalue weighted by Gasteiger charge is 2.35. The van der Waals surface area contributed by atoms with Crippen LogP contribution in [0.3, 0.4) is 0 Å². The van der Waals surface area contributed by atoms with E-state index in [1.807, 2.05) is 33.9 Å². The van der Waals surface area contributed by atoms with E-state index in [0.717, 1.165) is 0 Å². The lowest BCUT2D eigenvalue weighted by molar-refractivity contribution is -0.133. The molecule has 0 bridgehead atoms. The van der Waals surface area contributed by atoms with Gasteiger partial charge >= 0.3 is 0 Å². The predicted octanol–water partition coefficient (Wildman–Crippen LogP) is 4.46. The van der Waals surface area contributed by atoms with E-state index in [9.17, 15) is 14.9 Å². The smallest absolute Gasteiger partial charge is 0.264 e. The Kier molecular flexibility index (Phi) is 9.54. The Labute approximate surface area is 260 Å². The SMILES string of the molecule is CNc1ncc2cc(-c3c(Cl)c(OC)cc(OC)c3Cl)c(=O)n(CCN(C)C3CN(C(=O)/C(C#N)=C\C(C)(C)C)C3)c2n1. The Morgan fingerprint density at radius 2 is 1.84 bits per heavy atom. The molecule has 3 aromatic rings. The number of methoxy groups -OCH3 is 2. The summed E-state index contributed by atoms with van der Waals surface area (Å²) in [5.41, 5.74) is 0.495. The second-order valence-electron chi connectivity index (χ2n) is 11.4. The van der Waals surface area contributed by atoms with Gasteiger partial charge < -0.3 is 19.7 Å². The zero-order chi connectivity index (χ0) is 31.6. The van der Waals surface area contributed by atoms with Gasteiger partial charge in [0.25, 0.3) is 11.5 Å². The van der Waals surface area contributed by atoms with Crippen molar-refractivity contribution < 1.29 is 14.3 Å². The standard InChI is InChI=1S/C30H35Cl2N7O4/c1-30(2,3)12-18(13-33)27(40)38-15-19(16-38)37(5)8-9-39-26-17(14-35-29(34-4)36-26)10-20(28(39)41)23-24(31)21(42-6)11-22(43-7)25(23)32/h10-12,14,19H,8-9,15-16H2,1-7H3,(H,34,35,36)/b18-12-. The molecule has 0 unspecified atom stereocenters. The van der Waals surface area contributed by atoms with Crippen LogP contribution >= 0.6 is 23.2 Å². The van der Waals surface area contributed by atoms with Gasteiger partial charge in [0.2, 0.25) is 5.95 Å². The number of hydrogen-bond acceptors (Lipinski definition) is 9. The summed E-state index contributed by atoms with van der Waals surface area (Å²) in [5.74, 6) is 0.722. The minimum absolute atomic E-state index is 0.0673. The minimum atomic E-state index is -0.350. The monoisotopic (exact) mass is 627 g/mol. The van der Waals surface area contributed by atoms with E-state index in [-0.39, 0.29) is 56.2 Å². The summed E-state index contributed by atoms with van der Waals surface area (Å²) in [6.07, 6.45) is 3.33. The first-order valence-electron chi connectivity index (χ1n) is 13.6. The summed E-state index contributed by atoms with van der Waals surface area (Å²) < 4.78 is 12.4. The van der Waals surface area contributed by atoms with Gasteiger partial charge in [-0.1, -0.05) is 50.0 Å². The molecule has 1 fully saturated rings. The van der Waals surface area contributed by atoms with Gasteiger partial charge in [-0.25, -0.2) is 4.98 Å². The van der Waals surface area contributed by atoms with Crippen LogP contribution in [-0.4, -0.2) is 84.2 Å². The zero-order valence-electron chi connectivity index (χ0n) is 25.3. The summed E-state index contributed by atoms with van der Waals surface area (Å²) in [7, 11) is 6.58. The average Bonchev–Trinajstić information content (AvgIpc) is 2.94. The summed E-state index contributed by atoms with van der Waals surface area (Å²) >= 11 is 13.4. The molecular weight excluding hydrogens is 593 g/mol. The number of allylic oxidation sites excluding steroid dienone is 1. The number of pyridine rings is 1. The molecule has 0 atom stereocenters. The van der Waals surface area contributed by atoms with Crippen molar-refractivity contribution >= 4 is 46.1 Å². The number of fused-ring (bicyclic) bond motifs is 1. The van der Waals surface area contributed by atoms with E-state index in [2.05, 4.69) is 20.2 Å². The van der Waals surface area contributed by atoms with Crippen molar-refractivity contribution in [3.63, 3.8) is 0 Å². The first kappa shape index (κ1) is 32.1. The summed E-state index contributed by atoms with van der Waals surface area (Å²) in [5, 5.41) is 13.4. The number of carbonyl (C=O) groups is 1. The number of halogens is 2. The predicted molar refractivity (Wildman–Crippen MR) is 168 cm³/mol. The number of benzene rings is 1. The maximum Gasteiger partial charge on any atom is 0.264 e. The normalized spacial score (nSPS) is 14.1. The molecule has 3 heterocycles. The first-order chi connectivity index (χ1) is 20.3. The van der Waals surface area contributed by atoms with E-state index < -0.39 is 0 Å². The van der Waals surface area contributed by atoms with Crippen molar-refractivity contribution in [2.24, 2.45) is 5.41 Å². The number of rotatable bonds is 9. The summed E-state index contributed by atoms with van der Waals surface area (Å²) in [4.78, 5) is 39.6. The van der Waals surface area contributed by atoms with Crippen molar-refractivity contribution in [1.82, 2.24) is 24.3 Å². The number of nitriles is 1. The van der Waals surface area contributed by atoms with Crippen LogP contribution < -0.4 is 20.3 Å². The molecule has 1 aliphatic heterocycles. The molecule has 43 heavy (non-hydrogen) atoms. The number of aromatic nitrogens is 3. The number of nitrogens with zero attached hydrogens (tertiary/aromatic N) is 6. The number of amides is 1. The van der Waals surface area contributed by atoms with E-state index in [0.29, 0.717) is 48.1 Å². The van der Waals surface area contributed by atoms with Gasteiger partial charge in [-0.05, 0) is 18.5 Å². The van der Waals surface area contributed by atoms with Gasteiger partial charge in [0, 0.05) is 62.5 Å². The Bertz CT molecular complexity index is 1660. The van der Waals surface area contributed by atoms with Crippen molar-refractivity contribution in [3.05, 3.63) is 50.4 Å². The fourth-order valence-corrected chi connectivity index (χ4v) is 5.58. The summed E-state index contributed by atoms with van der Waals surface area (Å²) in [6.45, 7) is 7.57. The molecule has 0 saturated carbocycles. The van der Waals surface area contributed by atoms with Crippen LogP contribution in [0.2, 0.25) is 10.0 Å². The lowest BCUT2D eigenvalue weighted by Crippen LogP contribution is -2.60. The Morgan fingerprint density at radius 1 is 1.21 bits per heavy atom. The van der Waals surface area contributed by atoms with E-state index in [1.165, 1.54) is 14.2 Å². The van der Waals surface area contributed by atoms with Crippen LogP contribution in [0.5, 0.6) is 11.5 Å². The third-order valence-electron chi connectivity index (χ3n) is 7.27. The number of ether oxygens (including phenoxy) is 2. The number of carbonyl (C=O) groups excluding carboxylic acids is 1. The van der Waals surface area contributed by atoms with Crippen LogP contribution in [0.4, 0.5) is 5.95 Å². The maximum atomic E-state index is 14.1. The first-order valence-corrected chi connectivity index (χ1v) is 14.4. The topological polar surface area (TPSA) is 126 Å². The van der Waals surface area contributed by atoms with Crippen LogP contribution in [0, 0.1) is 16.7 Å². The maximum absolute atomic E-state index is 14.1. The van der Waals surface area contributed by atoms with Crippen molar-refractivity contribution in [1.29, 1.82) is 5.26 Å². The molecule has 0 spiro atoms. The molecule has 13 heteroatoms. The molecule has 2 aromatic heterocycles. The summed E-state index contributed by atoms with van der Waals surface area (Å²) in [6, 6.07) is 5.33. The van der Waals surface area contributed by atoms with Gasteiger partial charge in [-0.3, -0.25) is 19.1 Å². The number of likely N-dealkylation sites (tertiary alicyclic amines) is 1. The molecule has 1 saturated heterocycles. The third kappa shape index (κ3) is 6.56. The minimum Gasteiger partial charge on any atom is -0.495 e. The van der Waals surface area contributed by atoms with Gasteiger partial charge in [0.1, 0.15) is 28.8 Å².